The third kappa shape index (κ3) is 2.43. The van der Waals surface area contributed by atoms with Crippen molar-refractivity contribution in [2.24, 2.45) is 5.92 Å². The summed E-state index contributed by atoms with van der Waals surface area (Å²) in [6.45, 7) is 2.99. The molecule has 1 amide bonds. The lowest BCUT2D eigenvalue weighted by atomic mass is 9.80. The van der Waals surface area contributed by atoms with Gasteiger partial charge in [-0.3, -0.25) is 9.59 Å². The molecular formula is C18H19N2O3+. The number of carbonyl (C=O) groups excluding carboxylic acids is 3. The van der Waals surface area contributed by atoms with Crippen LogP contribution >= 0.6 is 0 Å². The third-order valence-electron chi connectivity index (χ3n) is 4.51. The van der Waals surface area contributed by atoms with E-state index in [2.05, 4.69) is 5.32 Å². The van der Waals surface area contributed by atoms with Gasteiger partial charge in [0.1, 0.15) is 11.7 Å². The van der Waals surface area contributed by atoms with Gasteiger partial charge in [-0.1, -0.05) is 6.08 Å². The molecule has 1 aliphatic carbocycles. The number of allylic oxidation sites excluding steroid dienone is 1. The molecule has 0 bridgehead atoms. The molecule has 1 aliphatic heterocycles. The number of nitrogens with one attached hydrogen (secondary N) is 2. The Morgan fingerprint density at radius 3 is 2.57 bits per heavy atom. The van der Waals surface area contributed by atoms with Gasteiger partial charge in [0, 0.05) is 24.4 Å². The quantitative estimate of drug-likeness (QED) is 0.793. The summed E-state index contributed by atoms with van der Waals surface area (Å²) in [4.78, 5) is 37.3. The molecule has 5 heteroatoms. The standard InChI is InChI=1S/C18H18N2O3/c1-10(21)12-4-7-16-15(8-12)18(23)14-6-5-13(19-3)9-17(14)20(16)11(2)22/h4-9,14,17,19H,1-3H3/p+1. The Balaban J connectivity index is 2.18. The van der Waals surface area contributed by atoms with Gasteiger partial charge in [0.2, 0.25) is 0 Å². The highest BCUT2D eigenvalue weighted by Gasteiger charge is 2.45. The Hall–Kier alpha value is -2.53. The number of likely N-dealkylation sites (N-methyl/N-ethyl adjacent to an activating group) is 1. The smallest absolute Gasteiger partial charge is 0.314 e. The second kappa shape index (κ2) is 5.59. The molecule has 0 spiro atoms. The van der Waals surface area contributed by atoms with Gasteiger partial charge in [-0.2, -0.15) is 0 Å². The number of hydrogen-bond donors (Lipinski definition) is 2. The fourth-order valence-corrected chi connectivity index (χ4v) is 3.35. The maximum atomic E-state index is 12.9. The Kier molecular flexibility index (Phi) is 3.74. The maximum absolute atomic E-state index is 12.9. The Labute approximate surface area is 134 Å². The molecule has 0 radical (unpaired) electrons. The predicted octanol–water partition coefficient (Wildman–Crippen LogP) is 0.806. The van der Waals surface area contributed by atoms with Crippen LogP contribution in [0.3, 0.4) is 0 Å². The minimum Gasteiger partial charge on any atom is -0.388 e. The van der Waals surface area contributed by atoms with Gasteiger partial charge in [-0.15, -0.1) is 0 Å². The first kappa shape index (κ1) is 15.4. The van der Waals surface area contributed by atoms with E-state index in [0.29, 0.717) is 21.7 Å². The Bertz CT molecular complexity index is 776. The van der Waals surface area contributed by atoms with Crippen molar-refractivity contribution >= 4 is 23.2 Å². The van der Waals surface area contributed by atoms with E-state index < -0.39 is 0 Å². The highest BCUT2D eigenvalue weighted by Crippen LogP contribution is 2.28. The van der Waals surface area contributed by atoms with Crippen LogP contribution in [0, 0.1) is 5.92 Å². The molecule has 118 valence electrons. The molecule has 23 heavy (non-hydrogen) atoms. The normalized spacial score (nSPS) is 25.3. The first-order valence-electron chi connectivity index (χ1n) is 7.59. The molecule has 2 N–H and O–H groups in total. The molecule has 0 saturated heterocycles. The lowest BCUT2D eigenvalue weighted by Crippen LogP contribution is -3.15. The van der Waals surface area contributed by atoms with Crippen molar-refractivity contribution in [3.8, 4) is 0 Å². The molecule has 1 aromatic rings. The second-order valence-electron chi connectivity index (χ2n) is 5.93. The third-order valence-corrected chi connectivity index (χ3v) is 4.51. The van der Waals surface area contributed by atoms with Crippen molar-refractivity contribution in [2.75, 3.05) is 7.05 Å². The molecule has 0 fully saturated rings. The highest BCUT2D eigenvalue weighted by molar-refractivity contribution is 6.07. The zero-order valence-corrected chi connectivity index (χ0v) is 13.3. The molecule has 5 nitrogen and oxygen atoms in total. The molecule has 2 aliphatic rings. The summed E-state index contributed by atoms with van der Waals surface area (Å²) in [5.41, 5.74) is 2.50. The van der Waals surface area contributed by atoms with Crippen LogP contribution in [-0.2, 0) is 4.79 Å². The van der Waals surface area contributed by atoms with E-state index in [4.69, 9.17) is 0 Å². The zero-order valence-electron chi connectivity index (χ0n) is 13.3. The molecule has 3 rings (SSSR count). The van der Waals surface area contributed by atoms with Crippen LogP contribution in [0.5, 0.6) is 0 Å². The number of carbonyl (C=O) groups is 3. The van der Waals surface area contributed by atoms with Gasteiger partial charge in [-0.05, 0) is 31.2 Å². The van der Waals surface area contributed by atoms with Crippen molar-refractivity contribution in [1.29, 1.82) is 0 Å². The summed E-state index contributed by atoms with van der Waals surface area (Å²) in [7, 11) is 1.81. The number of benzene rings is 1. The van der Waals surface area contributed by atoms with Gasteiger partial charge >= 0.3 is 5.91 Å². The number of fused-ring (bicyclic) bond motifs is 2. The Morgan fingerprint density at radius 2 is 1.96 bits per heavy atom. The molecule has 3 atom stereocenters. The van der Waals surface area contributed by atoms with Gasteiger partial charge in [0.25, 0.3) is 0 Å². The molecule has 0 saturated carbocycles. The summed E-state index contributed by atoms with van der Waals surface area (Å²) in [6, 6.07) is 4.76. The van der Waals surface area contributed by atoms with E-state index in [1.807, 2.05) is 25.3 Å². The van der Waals surface area contributed by atoms with Crippen LogP contribution in [0.2, 0.25) is 0 Å². The van der Waals surface area contributed by atoms with E-state index >= 15 is 0 Å². The van der Waals surface area contributed by atoms with Gasteiger partial charge < -0.3 is 5.32 Å². The van der Waals surface area contributed by atoms with E-state index in [0.717, 1.165) is 5.70 Å². The monoisotopic (exact) mass is 311 g/mol. The SMILES string of the molecule is CNC1=CC2C(C=C1)C(=O)c1cc(C(C)=O)ccc1[NH+]2C(C)=O. The number of quaternary nitrogens is 1. The maximum Gasteiger partial charge on any atom is 0.314 e. The first-order chi connectivity index (χ1) is 10.9. The van der Waals surface area contributed by atoms with Crippen molar-refractivity contribution in [1.82, 2.24) is 5.32 Å². The number of amides is 1. The van der Waals surface area contributed by atoms with Crippen LogP contribution in [0.1, 0.15) is 34.6 Å². The zero-order chi connectivity index (χ0) is 16.7. The lowest BCUT2D eigenvalue weighted by Gasteiger charge is -2.35. The molecule has 3 unspecified atom stereocenters. The van der Waals surface area contributed by atoms with Crippen molar-refractivity contribution < 1.29 is 19.3 Å². The summed E-state index contributed by atoms with van der Waals surface area (Å²) in [5.74, 6) is -0.573. The number of Topliss-reactive ketones (excluding diaryl/α,β-unsaturated/α-hetero) is 2. The fraction of sp³-hybridized carbons (Fsp3) is 0.278. The van der Waals surface area contributed by atoms with E-state index in [1.54, 1.807) is 18.2 Å². The van der Waals surface area contributed by atoms with Gasteiger partial charge in [-0.25, -0.2) is 9.69 Å². The molecular weight excluding hydrogens is 292 g/mol. The van der Waals surface area contributed by atoms with Crippen molar-refractivity contribution in [3.63, 3.8) is 0 Å². The summed E-state index contributed by atoms with van der Waals surface area (Å²) in [6.07, 6.45) is 5.63. The van der Waals surface area contributed by atoms with Crippen LogP contribution in [0.15, 0.2) is 42.1 Å². The van der Waals surface area contributed by atoms with Gasteiger partial charge in [0.05, 0.1) is 18.4 Å². The topological polar surface area (TPSA) is 67.7 Å². The van der Waals surface area contributed by atoms with Crippen LogP contribution in [0.25, 0.3) is 0 Å². The van der Waals surface area contributed by atoms with Crippen LogP contribution in [-0.4, -0.2) is 30.6 Å². The van der Waals surface area contributed by atoms with Gasteiger partial charge in [0.15, 0.2) is 11.6 Å². The largest absolute Gasteiger partial charge is 0.388 e. The highest BCUT2D eigenvalue weighted by atomic mass is 16.2. The average molecular weight is 311 g/mol. The number of ketones is 2. The fourth-order valence-electron chi connectivity index (χ4n) is 3.35. The van der Waals surface area contributed by atoms with Crippen LogP contribution in [0.4, 0.5) is 5.69 Å². The average Bonchev–Trinajstić information content (AvgIpc) is 2.53. The number of hydrogen-bond acceptors (Lipinski definition) is 4. The number of rotatable bonds is 2. The summed E-state index contributed by atoms with van der Waals surface area (Å²) in [5, 5.41) is 3.05. The first-order valence-corrected chi connectivity index (χ1v) is 7.59. The molecule has 1 heterocycles. The lowest BCUT2D eigenvalue weighted by molar-refractivity contribution is -0.775. The minimum atomic E-state index is -0.388. The van der Waals surface area contributed by atoms with E-state index in [1.165, 1.54) is 13.8 Å². The van der Waals surface area contributed by atoms with E-state index in [9.17, 15) is 14.4 Å². The Morgan fingerprint density at radius 1 is 1.22 bits per heavy atom. The molecule has 1 aromatic carbocycles. The summed E-state index contributed by atoms with van der Waals surface area (Å²) < 4.78 is 0. The van der Waals surface area contributed by atoms with E-state index in [-0.39, 0.29) is 29.4 Å². The van der Waals surface area contributed by atoms with Crippen molar-refractivity contribution in [3.05, 3.63) is 53.3 Å². The van der Waals surface area contributed by atoms with Crippen molar-refractivity contribution in [2.45, 2.75) is 19.9 Å². The molecule has 0 aromatic heterocycles. The van der Waals surface area contributed by atoms with Crippen LogP contribution < -0.4 is 10.2 Å². The predicted molar refractivity (Wildman–Crippen MR) is 85.6 cm³/mol. The minimum absolute atomic E-state index is 0.0410. The second-order valence-corrected chi connectivity index (χ2v) is 5.93. The summed E-state index contributed by atoms with van der Waals surface area (Å²) >= 11 is 0.